The van der Waals surface area contributed by atoms with Gasteiger partial charge in [-0.15, -0.1) is 0 Å². The second kappa shape index (κ2) is 8.68. The Labute approximate surface area is 178 Å². The Balaban J connectivity index is 1.71. The SMILES string of the molecule is CC1CC(C)CN(S(=O)(=O)c2cccc(C(=O)NNC(=O)c3cc(Br)c[nH]3)c2)C1. The van der Waals surface area contributed by atoms with Crippen molar-refractivity contribution < 1.29 is 18.0 Å². The van der Waals surface area contributed by atoms with Gasteiger partial charge in [-0.1, -0.05) is 19.9 Å². The van der Waals surface area contributed by atoms with E-state index in [1.807, 2.05) is 13.8 Å². The van der Waals surface area contributed by atoms with Crippen LogP contribution in [0.4, 0.5) is 0 Å². The lowest BCUT2D eigenvalue weighted by Gasteiger charge is -2.34. The van der Waals surface area contributed by atoms with Gasteiger partial charge in [0.05, 0.1) is 4.90 Å². The summed E-state index contributed by atoms with van der Waals surface area (Å²) in [6.07, 6.45) is 2.58. The minimum absolute atomic E-state index is 0.0612. The number of piperidine rings is 1. The highest BCUT2D eigenvalue weighted by Crippen LogP contribution is 2.27. The zero-order valence-electron chi connectivity index (χ0n) is 16.1. The number of aromatic amines is 1. The van der Waals surface area contributed by atoms with Crippen LogP contribution in [0.1, 0.15) is 41.1 Å². The molecule has 2 unspecified atom stereocenters. The van der Waals surface area contributed by atoms with Crippen molar-refractivity contribution in [3.63, 3.8) is 0 Å². The van der Waals surface area contributed by atoms with Gasteiger partial charge in [-0.3, -0.25) is 20.4 Å². The second-order valence-corrected chi connectivity index (χ2v) is 10.3. The van der Waals surface area contributed by atoms with E-state index in [2.05, 4.69) is 31.8 Å². The standard InChI is InChI=1S/C19H23BrN4O4S/c1-12-6-13(2)11-24(10-12)29(27,28)16-5-3-4-14(7-16)18(25)22-23-19(26)17-8-15(20)9-21-17/h3-5,7-9,12-13,21H,6,10-11H2,1-2H3,(H,22,25)(H,23,26). The van der Waals surface area contributed by atoms with Gasteiger partial charge in [0.15, 0.2) is 0 Å². The summed E-state index contributed by atoms with van der Waals surface area (Å²) in [7, 11) is -3.70. The van der Waals surface area contributed by atoms with Gasteiger partial charge in [0.2, 0.25) is 10.0 Å². The first-order valence-electron chi connectivity index (χ1n) is 9.21. The fraction of sp³-hybridized carbons (Fsp3) is 0.368. The van der Waals surface area contributed by atoms with E-state index < -0.39 is 21.8 Å². The number of hydrogen-bond acceptors (Lipinski definition) is 4. The van der Waals surface area contributed by atoms with Crippen molar-refractivity contribution in [2.24, 2.45) is 11.8 Å². The van der Waals surface area contributed by atoms with Crippen LogP contribution in [0.25, 0.3) is 0 Å². The van der Waals surface area contributed by atoms with E-state index in [9.17, 15) is 18.0 Å². The number of nitrogens with one attached hydrogen (secondary N) is 3. The number of halogens is 1. The predicted molar refractivity (Wildman–Crippen MR) is 112 cm³/mol. The van der Waals surface area contributed by atoms with E-state index in [0.717, 1.165) is 6.42 Å². The summed E-state index contributed by atoms with van der Waals surface area (Å²) in [6.45, 7) is 5.00. The molecule has 2 aromatic rings. The van der Waals surface area contributed by atoms with E-state index in [-0.39, 0.29) is 28.0 Å². The molecule has 156 valence electrons. The van der Waals surface area contributed by atoms with Crippen LogP contribution in [0.2, 0.25) is 0 Å². The Kier molecular flexibility index (Phi) is 6.45. The minimum Gasteiger partial charge on any atom is -0.356 e. The molecule has 10 heteroatoms. The van der Waals surface area contributed by atoms with Crippen LogP contribution in [-0.4, -0.2) is 42.6 Å². The van der Waals surface area contributed by atoms with Crippen molar-refractivity contribution >= 4 is 37.8 Å². The highest BCUT2D eigenvalue weighted by molar-refractivity contribution is 9.10. The van der Waals surface area contributed by atoms with Crippen LogP contribution >= 0.6 is 15.9 Å². The third-order valence-corrected chi connectivity index (χ3v) is 7.04. The van der Waals surface area contributed by atoms with E-state index in [0.29, 0.717) is 17.6 Å². The Morgan fingerprint density at radius 1 is 1.10 bits per heavy atom. The number of benzene rings is 1. The first-order chi connectivity index (χ1) is 13.7. The number of carbonyl (C=O) groups is 2. The highest BCUT2D eigenvalue weighted by atomic mass is 79.9. The van der Waals surface area contributed by atoms with Crippen LogP contribution < -0.4 is 10.9 Å². The Morgan fingerprint density at radius 2 is 1.76 bits per heavy atom. The maximum Gasteiger partial charge on any atom is 0.286 e. The summed E-state index contributed by atoms with van der Waals surface area (Å²) in [4.78, 5) is 27.2. The molecule has 0 bridgehead atoms. The number of sulfonamides is 1. The number of hydrazine groups is 1. The minimum atomic E-state index is -3.70. The molecule has 29 heavy (non-hydrogen) atoms. The molecule has 0 spiro atoms. The Bertz CT molecular complexity index is 1010. The molecule has 1 aliphatic heterocycles. The molecule has 0 saturated carbocycles. The van der Waals surface area contributed by atoms with Gasteiger partial charge in [0.1, 0.15) is 5.69 Å². The van der Waals surface area contributed by atoms with Gasteiger partial charge in [0.25, 0.3) is 11.8 Å². The van der Waals surface area contributed by atoms with Crippen molar-refractivity contribution in [1.29, 1.82) is 0 Å². The monoisotopic (exact) mass is 482 g/mol. The summed E-state index contributed by atoms with van der Waals surface area (Å²) in [6, 6.07) is 7.38. The maximum absolute atomic E-state index is 13.0. The van der Waals surface area contributed by atoms with E-state index in [1.165, 1.54) is 28.6 Å². The number of rotatable bonds is 4. The zero-order valence-corrected chi connectivity index (χ0v) is 18.5. The molecule has 1 aliphatic rings. The molecule has 1 aromatic carbocycles. The molecular formula is C19H23BrN4O4S. The first kappa shape index (κ1) is 21.5. The summed E-state index contributed by atoms with van der Waals surface area (Å²) >= 11 is 3.22. The number of carbonyl (C=O) groups excluding carboxylic acids is 2. The van der Waals surface area contributed by atoms with E-state index >= 15 is 0 Å². The topological polar surface area (TPSA) is 111 Å². The van der Waals surface area contributed by atoms with Gasteiger partial charge in [0, 0.05) is 29.3 Å². The van der Waals surface area contributed by atoms with Crippen molar-refractivity contribution in [1.82, 2.24) is 20.1 Å². The van der Waals surface area contributed by atoms with Crippen LogP contribution in [0.15, 0.2) is 45.9 Å². The number of H-pyrrole nitrogens is 1. The molecular weight excluding hydrogens is 460 g/mol. The largest absolute Gasteiger partial charge is 0.356 e. The number of nitrogens with zero attached hydrogens (tertiary/aromatic N) is 1. The van der Waals surface area contributed by atoms with Crippen molar-refractivity contribution in [2.75, 3.05) is 13.1 Å². The van der Waals surface area contributed by atoms with Crippen LogP contribution in [0, 0.1) is 11.8 Å². The number of hydrogen-bond donors (Lipinski definition) is 3. The summed E-state index contributed by atoms with van der Waals surface area (Å²) < 4.78 is 28.2. The molecule has 1 fully saturated rings. The van der Waals surface area contributed by atoms with Crippen molar-refractivity contribution in [2.45, 2.75) is 25.2 Å². The molecule has 0 radical (unpaired) electrons. The predicted octanol–water partition coefficient (Wildman–Crippen LogP) is 2.52. The zero-order chi connectivity index (χ0) is 21.2. The van der Waals surface area contributed by atoms with Crippen molar-refractivity contribution in [3.8, 4) is 0 Å². The molecule has 8 nitrogen and oxygen atoms in total. The van der Waals surface area contributed by atoms with Gasteiger partial charge in [-0.25, -0.2) is 8.42 Å². The average Bonchev–Trinajstić information content (AvgIpc) is 3.11. The van der Waals surface area contributed by atoms with Gasteiger partial charge in [-0.05, 0) is 58.5 Å². The molecule has 0 aliphatic carbocycles. The van der Waals surface area contributed by atoms with Crippen molar-refractivity contribution in [3.05, 3.63) is 52.3 Å². The van der Waals surface area contributed by atoms with Gasteiger partial charge < -0.3 is 4.98 Å². The van der Waals surface area contributed by atoms with Crippen LogP contribution in [0.3, 0.4) is 0 Å². The fourth-order valence-electron chi connectivity index (χ4n) is 3.50. The smallest absolute Gasteiger partial charge is 0.286 e. The maximum atomic E-state index is 13.0. The van der Waals surface area contributed by atoms with Crippen LogP contribution in [0.5, 0.6) is 0 Å². The molecule has 1 saturated heterocycles. The lowest BCUT2D eigenvalue weighted by Crippen LogP contribution is -2.43. The average molecular weight is 483 g/mol. The fourth-order valence-corrected chi connectivity index (χ4v) is 5.57. The second-order valence-electron chi connectivity index (χ2n) is 7.44. The molecule has 2 heterocycles. The van der Waals surface area contributed by atoms with Gasteiger partial charge in [-0.2, -0.15) is 4.31 Å². The number of aromatic nitrogens is 1. The Hall–Kier alpha value is -2.17. The molecule has 2 atom stereocenters. The molecule has 3 N–H and O–H groups in total. The lowest BCUT2D eigenvalue weighted by atomic mass is 9.94. The summed E-state index contributed by atoms with van der Waals surface area (Å²) in [5.41, 5.74) is 4.99. The Morgan fingerprint density at radius 3 is 2.38 bits per heavy atom. The van der Waals surface area contributed by atoms with E-state index in [1.54, 1.807) is 12.3 Å². The molecule has 1 aromatic heterocycles. The van der Waals surface area contributed by atoms with E-state index in [4.69, 9.17) is 0 Å². The molecule has 3 rings (SSSR count). The third-order valence-electron chi connectivity index (χ3n) is 4.75. The third kappa shape index (κ3) is 5.06. The van der Waals surface area contributed by atoms with Crippen LogP contribution in [-0.2, 0) is 10.0 Å². The first-order valence-corrected chi connectivity index (χ1v) is 11.4. The van der Waals surface area contributed by atoms with Gasteiger partial charge >= 0.3 is 0 Å². The highest BCUT2D eigenvalue weighted by Gasteiger charge is 2.32. The quantitative estimate of drug-likeness (QED) is 0.581. The lowest BCUT2D eigenvalue weighted by molar-refractivity contribution is 0.0844. The normalized spacial score (nSPS) is 20.2. The number of amides is 2. The summed E-state index contributed by atoms with van der Waals surface area (Å²) in [5, 5.41) is 0. The summed E-state index contributed by atoms with van der Waals surface area (Å²) in [5.74, 6) is -0.572. The molecule has 2 amide bonds.